The fraction of sp³-hybridized carbons (Fsp3) is 0.182. The number of nitrogens with zero attached hydrogens (tertiary/aromatic N) is 2. The maximum absolute atomic E-state index is 4.97. The van der Waals surface area contributed by atoms with Crippen molar-refractivity contribution in [3.63, 3.8) is 0 Å². The zero-order valence-electron chi connectivity index (χ0n) is 16.4. The average Bonchev–Trinajstić information content (AvgIpc) is 2.69. The maximum Gasteiger partial charge on any atom is 2.00 e. The van der Waals surface area contributed by atoms with Gasteiger partial charge in [0.2, 0.25) is 0 Å². The van der Waals surface area contributed by atoms with Gasteiger partial charge < -0.3 is 59.5 Å². The van der Waals surface area contributed by atoms with Crippen LogP contribution in [0.1, 0.15) is 11.1 Å². The molecule has 7 heteroatoms. The first kappa shape index (κ1) is 27.8. The molecule has 0 aromatic heterocycles. The normalized spacial score (nSPS) is 9.10. The first-order chi connectivity index (χ1) is 13.5. The number of thiocarbonyl (C=S) groups is 2. The van der Waals surface area contributed by atoms with Gasteiger partial charge in [-0.15, -0.1) is 13.2 Å². The quantitative estimate of drug-likeness (QED) is 0.212. The molecule has 0 spiro atoms. The third-order valence-electron chi connectivity index (χ3n) is 3.65. The molecule has 0 fully saturated rings. The van der Waals surface area contributed by atoms with E-state index < -0.39 is 0 Å². The molecule has 0 saturated carbocycles. The van der Waals surface area contributed by atoms with E-state index in [0.29, 0.717) is 21.7 Å². The third-order valence-corrected chi connectivity index (χ3v) is 4.68. The van der Waals surface area contributed by atoms with E-state index in [-0.39, 0.29) is 19.5 Å². The fourth-order valence-electron chi connectivity index (χ4n) is 2.33. The van der Waals surface area contributed by atoms with Crippen LogP contribution in [0.4, 0.5) is 0 Å². The second-order valence-electron chi connectivity index (χ2n) is 5.84. The van der Waals surface area contributed by atoms with Gasteiger partial charge in [0.15, 0.2) is 0 Å². The van der Waals surface area contributed by atoms with Gasteiger partial charge in [-0.2, -0.15) is 0 Å². The van der Waals surface area contributed by atoms with E-state index >= 15 is 0 Å². The van der Waals surface area contributed by atoms with E-state index in [4.69, 9.17) is 49.7 Å². The molecule has 0 aliphatic carbocycles. The molecule has 0 aliphatic heterocycles. The van der Waals surface area contributed by atoms with Crippen molar-refractivity contribution in [3.05, 3.63) is 97.1 Å². The van der Waals surface area contributed by atoms with E-state index in [1.54, 1.807) is 0 Å². The standard InChI is InChI=1S/2C11H13NS2.Zn/c2*1-2-8-12(11(13)14)9-10-6-4-3-5-7-10;/h2*2-7H,1,8-9H2,(H,13,14);/q;;+2/p-2. The van der Waals surface area contributed by atoms with Crippen molar-refractivity contribution < 1.29 is 19.5 Å². The van der Waals surface area contributed by atoms with Crippen LogP contribution in [-0.4, -0.2) is 31.5 Å². The van der Waals surface area contributed by atoms with Crippen molar-refractivity contribution in [1.29, 1.82) is 0 Å². The van der Waals surface area contributed by atoms with Gasteiger partial charge in [0, 0.05) is 26.2 Å². The van der Waals surface area contributed by atoms with Crippen LogP contribution in [0.5, 0.6) is 0 Å². The van der Waals surface area contributed by atoms with E-state index in [9.17, 15) is 0 Å². The maximum atomic E-state index is 4.97. The fourth-order valence-corrected chi connectivity index (χ4v) is 2.88. The third kappa shape index (κ3) is 12.1. The Bertz CT molecular complexity index is 688. The van der Waals surface area contributed by atoms with E-state index in [0.717, 1.165) is 13.1 Å². The van der Waals surface area contributed by atoms with Crippen molar-refractivity contribution in [2.45, 2.75) is 13.1 Å². The van der Waals surface area contributed by atoms with Gasteiger partial charge in [-0.05, 0) is 11.1 Å². The Morgan fingerprint density at radius 1 is 0.724 bits per heavy atom. The van der Waals surface area contributed by atoms with Gasteiger partial charge in [-0.25, -0.2) is 0 Å². The SMILES string of the molecule is C=CCN(Cc1ccccc1)C(=S)[S-].C=CCN(Cc1ccccc1)C(=S)[S-].[Zn+2]. The molecule has 0 amide bonds. The minimum Gasteiger partial charge on any atom is -0.411 e. The Balaban J connectivity index is 0.000000523. The van der Waals surface area contributed by atoms with Gasteiger partial charge in [-0.1, -0.05) is 81.5 Å². The van der Waals surface area contributed by atoms with Crippen LogP contribution in [0.15, 0.2) is 86.0 Å². The monoisotopic (exact) mass is 508 g/mol. The first-order valence-corrected chi connectivity index (χ1v) is 10.3. The van der Waals surface area contributed by atoms with Crippen LogP contribution in [0.25, 0.3) is 0 Å². The molecule has 2 aromatic rings. The second kappa shape index (κ2) is 16.5. The van der Waals surface area contributed by atoms with Crippen molar-refractivity contribution in [3.8, 4) is 0 Å². The Morgan fingerprint density at radius 3 is 1.28 bits per heavy atom. The Labute approximate surface area is 209 Å². The summed E-state index contributed by atoms with van der Waals surface area (Å²) in [5, 5.41) is 0. The minimum atomic E-state index is 0. The summed E-state index contributed by atoms with van der Waals surface area (Å²) < 4.78 is 0.988. The summed E-state index contributed by atoms with van der Waals surface area (Å²) in [5.74, 6) is 0. The van der Waals surface area contributed by atoms with Crippen LogP contribution < -0.4 is 0 Å². The van der Waals surface area contributed by atoms with Crippen molar-refractivity contribution in [2.24, 2.45) is 0 Å². The molecule has 0 bridgehead atoms. The number of hydrogen-bond acceptors (Lipinski definition) is 4. The summed E-state index contributed by atoms with van der Waals surface area (Å²) in [6.45, 7) is 10.3. The molecule has 0 aliphatic rings. The van der Waals surface area contributed by atoms with Gasteiger partial charge in [0.25, 0.3) is 0 Å². The summed E-state index contributed by atoms with van der Waals surface area (Å²) >= 11 is 19.9. The first-order valence-electron chi connectivity index (χ1n) is 8.69. The zero-order valence-corrected chi connectivity index (χ0v) is 22.6. The molecular formula is C22H24N2S4Zn. The molecular weight excluding hydrogens is 486 g/mol. The Hall–Kier alpha value is -1.24. The van der Waals surface area contributed by atoms with E-state index in [1.165, 1.54) is 11.1 Å². The molecule has 2 nitrogen and oxygen atoms in total. The minimum absolute atomic E-state index is 0. The predicted molar refractivity (Wildman–Crippen MR) is 134 cm³/mol. The summed E-state index contributed by atoms with van der Waals surface area (Å²) in [6, 6.07) is 20.3. The molecule has 2 aromatic carbocycles. The number of rotatable bonds is 8. The second-order valence-corrected chi connectivity index (χ2v) is 7.91. The summed E-state index contributed by atoms with van der Waals surface area (Å²) in [7, 11) is 0. The van der Waals surface area contributed by atoms with Gasteiger partial charge in [0.05, 0.1) is 0 Å². The number of hydrogen-bond donors (Lipinski definition) is 0. The molecule has 0 atom stereocenters. The molecule has 0 unspecified atom stereocenters. The number of benzene rings is 2. The van der Waals surface area contributed by atoms with Crippen molar-refractivity contribution >= 4 is 58.3 Å². The predicted octanol–water partition coefficient (Wildman–Crippen LogP) is 5.01. The molecule has 0 N–H and O–H groups in total. The van der Waals surface area contributed by atoms with Crippen LogP contribution in [0.2, 0.25) is 0 Å². The van der Waals surface area contributed by atoms with Crippen LogP contribution in [-0.2, 0) is 57.8 Å². The molecule has 0 saturated heterocycles. The van der Waals surface area contributed by atoms with Gasteiger partial charge >= 0.3 is 19.5 Å². The summed E-state index contributed by atoms with van der Waals surface area (Å²) in [6.07, 6.45) is 3.61. The smallest absolute Gasteiger partial charge is 0.411 e. The van der Waals surface area contributed by atoms with Crippen molar-refractivity contribution in [2.75, 3.05) is 13.1 Å². The van der Waals surface area contributed by atoms with Crippen LogP contribution in [0, 0.1) is 0 Å². The molecule has 0 radical (unpaired) electrons. The van der Waals surface area contributed by atoms with Crippen LogP contribution in [0.3, 0.4) is 0 Å². The van der Waals surface area contributed by atoms with E-state index in [1.807, 2.05) is 58.4 Å². The molecule has 0 heterocycles. The molecule has 2 rings (SSSR count). The topological polar surface area (TPSA) is 6.48 Å². The van der Waals surface area contributed by atoms with Gasteiger partial charge in [0.1, 0.15) is 0 Å². The summed E-state index contributed by atoms with van der Waals surface area (Å²) in [4.78, 5) is 3.88. The molecule has 148 valence electrons. The van der Waals surface area contributed by atoms with E-state index in [2.05, 4.69) is 37.4 Å². The zero-order chi connectivity index (χ0) is 20.8. The Morgan fingerprint density at radius 2 is 1.03 bits per heavy atom. The average molecular weight is 510 g/mol. The Kier molecular flexibility index (Phi) is 15.8. The summed E-state index contributed by atoms with van der Waals surface area (Å²) in [5.41, 5.74) is 2.42. The van der Waals surface area contributed by atoms with Gasteiger partial charge in [-0.3, -0.25) is 0 Å². The van der Waals surface area contributed by atoms with Crippen LogP contribution >= 0.6 is 24.4 Å². The largest absolute Gasteiger partial charge is 2.00 e. The molecule has 29 heavy (non-hydrogen) atoms. The van der Waals surface area contributed by atoms with Crippen molar-refractivity contribution in [1.82, 2.24) is 9.80 Å².